The van der Waals surface area contributed by atoms with Crippen LogP contribution < -0.4 is 15.8 Å². The van der Waals surface area contributed by atoms with Gasteiger partial charge in [0.05, 0.1) is 11.6 Å². The Morgan fingerprint density at radius 3 is 2.69 bits per heavy atom. The zero-order chi connectivity index (χ0) is 22.3. The Bertz CT molecular complexity index is 1110. The van der Waals surface area contributed by atoms with Crippen molar-refractivity contribution in [1.29, 1.82) is 0 Å². The van der Waals surface area contributed by atoms with Crippen LogP contribution >= 0.6 is 0 Å². The standard InChI is InChI=1S/C26H30N4O2/c1-19(28-22-7-9-23(31)10-8-22)29-26(13-15-27)30-16-14-21-17-24(11-12-25(21)30)32-18-20-5-3-2-4-6-20/h2-6,11-17,22-23,28,31H,1,7-10,18,27H2/b15-13-,29-26+/t22-,23-. The zero-order valence-electron chi connectivity index (χ0n) is 18.2. The lowest BCUT2D eigenvalue weighted by Crippen LogP contribution is -2.33. The van der Waals surface area contributed by atoms with Gasteiger partial charge in [0.25, 0.3) is 0 Å². The number of aliphatic hydroxyl groups excluding tert-OH is 1. The van der Waals surface area contributed by atoms with E-state index >= 15 is 0 Å². The first-order valence-corrected chi connectivity index (χ1v) is 11.0. The van der Waals surface area contributed by atoms with E-state index in [1.807, 2.05) is 65.4 Å². The third kappa shape index (κ3) is 5.39. The van der Waals surface area contributed by atoms with Gasteiger partial charge in [-0.25, -0.2) is 4.99 Å². The van der Waals surface area contributed by atoms with Crippen molar-refractivity contribution >= 4 is 16.7 Å². The number of fused-ring (bicyclic) bond motifs is 1. The molecule has 166 valence electrons. The smallest absolute Gasteiger partial charge is 0.140 e. The molecule has 0 unspecified atom stereocenters. The van der Waals surface area contributed by atoms with E-state index < -0.39 is 0 Å². The molecule has 2 aromatic carbocycles. The maximum absolute atomic E-state index is 9.70. The Labute approximate surface area is 188 Å². The van der Waals surface area contributed by atoms with E-state index in [0.29, 0.717) is 18.3 Å². The van der Waals surface area contributed by atoms with E-state index in [-0.39, 0.29) is 12.1 Å². The van der Waals surface area contributed by atoms with Gasteiger partial charge in [-0.3, -0.25) is 0 Å². The van der Waals surface area contributed by atoms with Gasteiger partial charge in [0.2, 0.25) is 0 Å². The molecular formula is C26H30N4O2. The SMILES string of the molecule is C=C(/N=C(\C=C/N)n1ccc2cc(OCc3ccccc3)ccc21)N[C@H]1CC[C@H](O)CC1. The highest BCUT2D eigenvalue weighted by Crippen LogP contribution is 2.24. The number of ether oxygens (including phenoxy) is 1. The molecule has 0 amide bonds. The van der Waals surface area contributed by atoms with E-state index in [1.165, 1.54) is 6.20 Å². The minimum Gasteiger partial charge on any atom is -0.489 e. The van der Waals surface area contributed by atoms with Crippen LogP contribution in [0.5, 0.6) is 5.75 Å². The Morgan fingerprint density at radius 2 is 1.94 bits per heavy atom. The number of aliphatic hydroxyl groups is 1. The number of hydrogen-bond donors (Lipinski definition) is 3. The summed E-state index contributed by atoms with van der Waals surface area (Å²) in [6.07, 6.45) is 8.46. The van der Waals surface area contributed by atoms with Crippen LogP contribution in [-0.2, 0) is 6.61 Å². The summed E-state index contributed by atoms with van der Waals surface area (Å²) in [4.78, 5) is 4.68. The van der Waals surface area contributed by atoms with Crippen molar-refractivity contribution in [3.05, 3.63) is 91.0 Å². The van der Waals surface area contributed by atoms with Crippen molar-refractivity contribution in [2.75, 3.05) is 0 Å². The van der Waals surface area contributed by atoms with Crippen LogP contribution in [-0.4, -0.2) is 27.7 Å². The van der Waals surface area contributed by atoms with Gasteiger partial charge in [-0.15, -0.1) is 0 Å². The molecule has 0 spiro atoms. The average molecular weight is 431 g/mol. The molecule has 3 aromatic rings. The van der Waals surface area contributed by atoms with Crippen molar-refractivity contribution in [3.63, 3.8) is 0 Å². The normalized spacial score (nSPS) is 19.3. The quantitative estimate of drug-likeness (QED) is 0.385. The maximum Gasteiger partial charge on any atom is 0.140 e. The fourth-order valence-electron chi connectivity index (χ4n) is 4.03. The Balaban J connectivity index is 1.49. The molecule has 6 nitrogen and oxygen atoms in total. The lowest BCUT2D eigenvalue weighted by molar-refractivity contribution is 0.118. The van der Waals surface area contributed by atoms with E-state index in [4.69, 9.17) is 10.5 Å². The number of rotatable bonds is 7. The van der Waals surface area contributed by atoms with Crippen molar-refractivity contribution in [1.82, 2.24) is 9.88 Å². The molecule has 1 aliphatic carbocycles. The van der Waals surface area contributed by atoms with Gasteiger partial charge < -0.3 is 25.5 Å². The monoisotopic (exact) mass is 430 g/mol. The van der Waals surface area contributed by atoms with Crippen LogP contribution in [0.1, 0.15) is 31.2 Å². The molecule has 1 saturated carbocycles. The van der Waals surface area contributed by atoms with Crippen molar-refractivity contribution in [2.24, 2.45) is 10.7 Å². The van der Waals surface area contributed by atoms with Gasteiger partial charge >= 0.3 is 0 Å². The Hall–Kier alpha value is -3.51. The van der Waals surface area contributed by atoms with Crippen LogP contribution in [0.25, 0.3) is 10.9 Å². The third-order valence-electron chi connectivity index (χ3n) is 5.72. The number of aliphatic imine (C=N–C) groups is 1. The molecular weight excluding hydrogens is 400 g/mol. The molecule has 32 heavy (non-hydrogen) atoms. The second-order valence-corrected chi connectivity index (χ2v) is 8.11. The minimum atomic E-state index is -0.187. The lowest BCUT2D eigenvalue weighted by atomic mass is 9.93. The van der Waals surface area contributed by atoms with Crippen LogP contribution in [0.2, 0.25) is 0 Å². The van der Waals surface area contributed by atoms with Crippen molar-refractivity contribution < 1.29 is 9.84 Å². The fraction of sp³-hybridized carbons (Fsp3) is 0.269. The number of aromatic nitrogens is 1. The summed E-state index contributed by atoms with van der Waals surface area (Å²) in [5, 5.41) is 14.1. The lowest BCUT2D eigenvalue weighted by Gasteiger charge is -2.26. The van der Waals surface area contributed by atoms with Crippen molar-refractivity contribution in [2.45, 2.75) is 44.4 Å². The molecule has 1 heterocycles. The summed E-state index contributed by atoms with van der Waals surface area (Å²) < 4.78 is 7.94. The summed E-state index contributed by atoms with van der Waals surface area (Å²) in [5.74, 6) is 2.08. The minimum absolute atomic E-state index is 0.187. The van der Waals surface area contributed by atoms with E-state index in [2.05, 4.69) is 16.9 Å². The molecule has 1 aromatic heterocycles. The van der Waals surface area contributed by atoms with Gasteiger partial charge in [-0.1, -0.05) is 36.9 Å². The predicted octanol–water partition coefficient (Wildman–Crippen LogP) is 4.30. The van der Waals surface area contributed by atoms with E-state index in [0.717, 1.165) is 47.9 Å². The molecule has 0 saturated heterocycles. The molecule has 0 bridgehead atoms. The first-order valence-electron chi connectivity index (χ1n) is 11.0. The maximum atomic E-state index is 9.70. The number of hydrogen-bond acceptors (Lipinski definition) is 5. The molecule has 0 radical (unpaired) electrons. The van der Waals surface area contributed by atoms with Crippen LogP contribution in [0.4, 0.5) is 0 Å². The molecule has 0 aliphatic heterocycles. The van der Waals surface area contributed by atoms with Gasteiger partial charge in [0, 0.05) is 17.6 Å². The summed E-state index contributed by atoms with van der Waals surface area (Å²) in [6.45, 7) is 4.61. The summed E-state index contributed by atoms with van der Waals surface area (Å²) in [6, 6.07) is 18.4. The molecule has 6 heteroatoms. The number of benzene rings is 2. The largest absolute Gasteiger partial charge is 0.489 e. The van der Waals surface area contributed by atoms with Gasteiger partial charge in [-0.2, -0.15) is 0 Å². The van der Waals surface area contributed by atoms with Gasteiger partial charge in [-0.05, 0) is 67.8 Å². The predicted molar refractivity (Wildman–Crippen MR) is 129 cm³/mol. The van der Waals surface area contributed by atoms with Crippen LogP contribution in [0.3, 0.4) is 0 Å². The van der Waals surface area contributed by atoms with Crippen LogP contribution in [0, 0.1) is 0 Å². The second kappa shape index (κ2) is 10.2. The first kappa shape index (κ1) is 21.7. The molecule has 0 atom stereocenters. The number of allylic oxidation sites excluding steroid dienone is 1. The number of nitrogens with two attached hydrogens (primary N) is 1. The van der Waals surface area contributed by atoms with Crippen molar-refractivity contribution in [3.8, 4) is 5.75 Å². The summed E-state index contributed by atoms with van der Waals surface area (Å²) in [7, 11) is 0. The Morgan fingerprint density at radius 1 is 1.16 bits per heavy atom. The van der Waals surface area contributed by atoms with Gasteiger partial charge in [0.1, 0.15) is 24.0 Å². The number of nitrogens with zero attached hydrogens (tertiary/aromatic N) is 2. The number of nitrogens with one attached hydrogen (secondary N) is 1. The highest BCUT2D eigenvalue weighted by Gasteiger charge is 2.19. The van der Waals surface area contributed by atoms with Gasteiger partial charge in [0.15, 0.2) is 0 Å². The summed E-state index contributed by atoms with van der Waals surface area (Å²) >= 11 is 0. The Kier molecular flexibility index (Phi) is 6.92. The fourth-order valence-corrected chi connectivity index (χ4v) is 4.03. The second-order valence-electron chi connectivity index (χ2n) is 8.11. The molecule has 1 aliphatic rings. The topological polar surface area (TPSA) is 84.8 Å². The average Bonchev–Trinajstić information content (AvgIpc) is 3.23. The third-order valence-corrected chi connectivity index (χ3v) is 5.72. The van der Waals surface area contributed by atoms with E-state index in [1.54, 1.807) is 6.08 Å². The highest BCUT2D eigenvalue weighted by atomic mass is 16.5. The summed E-state index contributed by atoms with van der Waals surface area (Å²) in [5.41, 5.74) is 7.83. The molecule has 1 fully saturated rings. The molecule has 4 rings (SSSR count). The first-order chi connectivity index (χ1) is 15.6. The van der Waals surface area contributed by atoms with E-state index in [9.17, 15) is 5.11 Å². The zero-order valence-corrected chi connectivity index (χ0v) is 18.2. The highest BCUT2D eigenvalue weighted by molar-refractivity contribution is 6.02. The molecule has 4 N–H and O–H groups in total. The van der Waals surface area contributed by atoms with Crippen LogP contribution in [0.15, 0.2) is 90.5 Å².